The fourth-order valence-electron chi connectivity index (χ4n) is 1.73. The highest BCUT2D eigenvalue weighted by Crippen LogP contribution is 2.39. The van der Waals surface area contributed by atoms with Gasteiger partial charge in [0, 0.05) is 5.33 Å². The van der Waals surface area contributed by atoms with Gasteiger partial charge in [0.1, 0.15) is 6.61 Å². The summed E-state index contributed by atoms with van der Waals surface area (Å²) >= 11 is 3.28. The van der Waals surface area contributed by atoms with E-state index < -0.39 is 14.1 Å². The zero-order valence-electron chi connectivity index (χ0n) is 16.6. The summed E-state index contributed by atoms with van der Waals surface area (Å²) in [4.78, 5) is 0. The maximum Gasteiger partial charge on any atom is 0.203 e. The van der Waals surface area contributed by atoms with E-state index in [-0.39, 0.29) is 23.9 Å². The molecule has 0 saturated heterocycles. The molecule has 0 atom stereocenters. The van der Waals surface area contributed by atoms with Gasteiger partial charge in [0.25, 0.3) is 0 Å². The van der Waals surface area contributed by atoms with E-state index in [9.17, 15) is 0 Å². The summed E-state index contributed by atoms with van der Waals surface area (Å²) in [5.41, 5.74) is 1.50. The molecule has 2 rings (SSSR count). The minimum Gasteiger partial charge on any atom is -0.493 e. The summed E-state index contributed by atoms with van der Waals surface area (Å²) in [6.07, 6.45) is 0. The molecule has 2 aromatic rings. The van der Waals surface area contributed by atoms with Crippen LogP contribution in [0, 0.1) is 0 Å². The molecule has 0 aliphatic heterocycles. The first-order valence-electron chi connectivity index (χ1n) is 8.85. The Morgan fingerprint density at radius 1 is 1.00 bits per heavy atom. The van der Waals surface area contributed by atoms with Gasteiger partial charge in [-0.05, 0) is 23.3 Å². The molecule has 0 heterocycles. The van der Waals surface area contributed by atoms with Gasteiger partial charge in [-0.25, -0.2) is 0 Å². The van der Waals surface area contributed by atoms with Gasteiger partial charge in [-0.1, -0.05) is 46.3 Å². The molecule has 0 saturated carbocycles. The SMILES string of the molecule is [2H]C([2H])([2H])Oc1cc(CBr)cc(OCc2ccccc2)c1OC([2H])([2H])[2H]. The quantitative estimate of drug-likeness (QED) is 0.737. The maximum atomic E-state index is 7.34. The number of hydrogen-bond donors (Lipinski definition) is 0. The van der Waals surface area contributed by atoms with Crippen LogP contribution < -0.4 is 14.2 Å². The van der Waals surface area contributed by atoms with Crippen LogP contribution in [0.15, 0.2) is 42.5 Å². The van der Waals surface area contributed by atoms with Crippen molar-refractivity contribution < 1.29 is 22.4 Å². The average Bonchev–Trinajstić information content (AvgIpc) is 2.53. The van der Waals surface area contributed by atoms with Crippen LogP contribution >= 0.6 is 15.9 Å². The number of halogens is 1. The highest BCUT2D eigenvalue weighted by molar-refractivity contribution is 9.08. The third-order valence-corrected chi connectivity index (χ3v) is 3.33. The molecule has 0 fully saturated rings. The van der Waals surface area contributed by atoms with Crippen molar-refractivity contribution in [3.63, 3.8) is 0 Å². The maximum absolute atomic E-state index is 7.34. The van der Waals surface area contributed by atoms with Gasteiger partial charge in [0.2, 0.25) is 5.75 Å². The Hall–Kier alpha value is -1.68. The summed E-state index contributed by atoms with van der Waals surface area (Å²) in [7, 11) is -5.57. The summed E-state index contributed by atoms with van der Waals surface area (Å²) in [5, 5.41) is 0.389. The average molecular weight is 343 g/mol. The van der Waals surface area contributed by atoms with Crippen molar-refractivity contribution in [1.82, 2.24) is 0 Å². The normalized spacial score (nSPS) is 15.8. The van der Waals surface area contributed by atoms with Crippen molar-refractivity contribution in [2.75, 3.05) is 14.1 Å². The van der Waals surface area contributed by atoms with Crippen molar-refractivity contribution >= 4 is 15.9 Å². The Morgan fingerprint density at radius 2 is 1.75 bits per heavy atom. The highest BCUT2D eigenvalue weighted by Gasteiger charge is 2.13. The lowest BCUT2D eigenvalue weighted by Crippen LogP contribution is -2.00. The van der Waals surface area contributed by atoms with E-state index in [0.29, 0.717) is 10.9 Å². The molecule has 0 N–H and O–H groups in total. The molecule has 0 amide bonds. The molecular weight excluding hydrogens is 320 g/mol. The third-order valence-electron chi connectivity index (χ3n) is 2.68. The van der Waals surface area contributed by atoms with Gasteiger partial charge in [-0.15, -0.1) is 0 Å². The second kappa shape index (κ2) is 7.20. The van der Waals surface area contributed by atoms with Crippen LogP contribution in [0.25, 0.3) is 0 Å². The molecule has 3 nitrogen and oxygen atoms in total. The van der Waals surface area contributed by atoms with E-state index in [1.165, 1.54) is 6.07 Å². The lowest BCUT2D eigenvalue weighted by Gasteiger charge is -2.15. The van der Waals surface area contributed by atoms with Gasteiger partial charge in [-0.2, -0.15) is 0 Å². The monoisotopic (exact) mass is 342 g/mol. The fourth-order valence-corrected chi connectivity index (χ4v) is 2.05. The molecule has 0 bridgehead atoms. The first-order valence-corrected chi connectivity index (χ1v) is 6.97. The molecule has 106 valence electrons. The Morgan fingerprint density at radius 3 is 2.45 bits per heavy atom. The smallest absolute Gasteiger partial charge is 0.203 e. The second-order valence-corrected chi connectivity index (χ2v) is 4.59. The first-order chi connectivity index (χ1) is 12.1. The molecule has 20 heavy (non-hydrogen) atoms. The molecule has 0 aliphatic rings. The largest absolute Gasteiger partial charge is 0.493 e. The fraction of sp³-hybridized carbons (Fsp3) is 0.250. The number of rotatable bonds is 6. The molecule has 4 heteroatoms. The lowest BCUT2D eigenvalue weighted by atomic mass is 10.2. The number of ether oxygens (including phenoxy) is 3. The Balaban J connectivity index is 2.43. The minimum atomic E-state index is -2.80. The lowest BCUT2D eigenvalue weighted by molar-refractivity contribution is 0.275. The van der Waals surface area contributed by atoms with Crippen LogP contribution in [0.4, 0.5) is 0 Å². The van der Waals surface area contributed by atoms with E-state index in [1.54, 1.807) is 6.07 Å². The summed E-state index contributed by atoms with van der Waals surface area (Å²) in [6, 6.07) is 12.2. The predicted octanol–water partition coefficient (Wildman–Crippen LogP) is 4.18. The van der Waals surface area contributed by atoms with Crippen molar-refractivity contribution in [1.29, 1.82) is 0 Å². The van der Waals surface area contributed by atoms with Gasteiger partial charge in [-0.3, -0.25) is 0 Å². The number of hydrogen-bond acceptors (Lipinski definition) is 3. The Bertz CT molecular complexity index is 731. The van der Waals surface area contributed by atoms with Gasteiger partial charge in [0.15, 0.2) is 11.5 Å². The molecule has 2 aromatic carbocycles. The molecular formula is C16H17BrO3. The number of benzene rings is 2. The van der Waals surface area contributed by atoms with Crippen LogP contribution in [0.1, 0.15) is 19.4 Å². The third kappa shape index (κ3) is 3.45. The van der Waals surface area contributed by atoms with E-state index >= 15 is 0 Å². The van der Waals surface area contributed by atoms with Crippen LogP contribution in [-0.2, 0) is 11.9 Å². The molecule has 0 unspecified atom stereocenters. The van der Waals surface area contributed by atoms with Crippen LogP contribution in [0.3, 0.4) is 0 Å². The zero-order valence-corrected chi connectivity index (χ0v) is 12.1. The second-order valence-electron chi connectivity index (χ2n) is 4.03. The number of alkyl halides is 1. The van der Waals surface area contributed by atoms with Gasteiger partial charge >= 0.3 is 0 Å². The molecule has 0 radical (unpaired) electrons. The Kier molecular flexibility index (Phi) is 3.08. The standard InChI is InChI=1S/C16H17BrO3/c1-18-14-8-13(10-17)9-15(16(14)19-2)20-11-12-6-4-3-5-7-12/h3-9H,10-11H2,1-2H3/i1D3,2D3. The highest BCUT2D eigenvalue weighted by atomic mass is 79.9. The van der Waals surface area contributed by atoms with Crippen LogP contribution in [0.2, 0.25) is 0 Å². The Labute approximate surface area is 136 Å². The van der Waals surface area contributed by atoms with E-state index in [1.807, 2.05) is 30.3 Å². The molecule has 0 aliphatic carbocycles. The summed E-state index contributed by atoms with van der Waals surface area (Å²) < 4.78 is 59.5. The predicted molar refractivity (Wildman–Crippen MR) is 83.0 cm³/mol. The zero-order chi connectivity index (χ0) is 19.4. The topological polar surface area (TPSA) is 27.7 Å². The van der Waals surface area contributed by atoms with Crippen molar-refractivity contribution in [2.24, 2.45) is 0 Å². The van der Waals surface area contributed by atoms with Crippen LogP contribution in [0.5, 0.6) is 17.2 Å². The van der Waals surface area contributed by atoms with Crippen molar-refractivity contribution in [2.45, 2.75) is 11.9 Å². The van der Waals surface area contributed by atoms with E-state index in [2.05, 4.69) is 15.9 Å². The van der Waals surface area contributed by atoms with E-state index in [4.69, 9.17) is 22.4 Å². The number of methoxy groups -OCH3 is 2. The summed E-state index contributed by atoms with van der Waals surface area (Å²) in [5.74, 6) is -0.413. The van der Waals surface area contributed by atoms with Crippen LogP contribution in [-0.4, -0.2) is 14.1 Å². The molecule has 0 spiro atoms. The van der Waals surface area contributed by atoms with Gasteiger partial charge < -0.3 is 14.2 Å². The van der Waals surface area contributed by atoms with Crippen molar-refractivity contribution in [3.05, 3.63) is 53.6 Å². The first kappa shape index (κ1) is 8.57. The molecule has 0 aromatic heterocycles. The van der Waals surface area contributed by atoms with Gasteiger partial charge in [0.05, 0.1) is 22.3 Å². The minimum absolute atomic E-state index is 0.0844. The summed E-state index contributed by atoms with van der Waals surface area (Å²) in [6.45, 7) is 0.150. The van der Waals surface area contributed by atoms with E-state index in [0.717, 1.165) is 5.56 Å². The van der Waals surface area contributed by atoms with Crippen molar-refractivity contribution in [3.8, 4) is 17.2 Å².